The first-order chi connectivity index (χ1) is 12.1. The molecule has 6 heteroatoms. The summed E-state index contributed by atoms with van der Waals surface area (Å²) in [6.07, 6.45) is 9.87. The molecule has 1 saturated heterocycles. The van der Waals surface area contributed by atoms with Crippen molar-refractivity contribution in [3.05, 3.63) is 33.9 Å². The number of benzene rings is 1. The molecule has 0 atom stereocenters. The van der Waals surface area contributed by atoms with Crippen LogP contribution in [0.4, 0.5) is 11.4 Å². The van der Waals surface area contributed by atoms with Gasteiger partial charge in [-0.3, -0.25) is 10.1 Å². The van der Waals surface area contributed by atoms with Gasteiger partial charge in [-0.1, -0.05) is 25.7 Å². The molecule has 1 aliphatic heterocycles. The normalized spacial score (nSPS) is 24.4. The summed E-state index contributed by atoms with van der Waals surface area (Å²) in [5.41, 5.74) is 1.80. The lowest BCUT2D eigenvalue weighted by molar-refractivity contribution is -0.384. The van der Waals surface area contributed by atoms with Gasteiger partial charge < -0.3 is 9.64 Å². The van der Waals surface area contributed by atoms with Crippen molar-refractivity contribution < 1.29 is 9.66 Å². The van der Waals surface area contributed by atoms with E-state index in [0.29, 0.717) is 6.04 Å². The molecule has 0 radical (unpaired) electrons. The fourth-order valence-electron chi connectivity index (χ4n) is 4.73. The lowest BCUT2D eigenvalue weighted by Gasteiger charge is -2.37. The Morgan fingerprint density at radius 1 is 1.24 bits per heavy atom. The highest BCUT2D eigenvalue weighted by atomic mass is 16.6. The van der Waals surface area contributed by atoms with Crippen molar-refractivity contribution in [2.24, 2.45) is 4.99 Å². The number of non-ortho nitro benzene ring substituents is 1. The molecule has 6 nitrogen and oxygen atoms in total. The molecule has 3 aliphatic rings. The van der Waals surface area contributed by atoms with Crippen LogP contribution in [-0.4, -0.2) is 34.0 Å². The summed E-state index contributed by atoms with van der Waals surface area (Å²) in [5, 5.41) is 10.9. The van der Waals surface area contributed by atoms with E-state index in [9.17, 15) is 10.1 Å². The van der Waals surface area contributed by atoms with Crippen molar-refractivity contribution in [2.45, 2.75) is 69.9 Å². The number of aryl methyl sites for hydroxylation is 1. The summed E-state index contributed by atoms with van der Waals surface area (Å²) < 4.78 is 6.09. The molecule has 0 aromatic heterocycles. The molecule has 25 heavy (non-hydrogen) atoms. The molecule has 2 saturated carbocycles. The van der Waals surface area contributed by atoms with Gasteiger partial charge in [0.05, 0.1) is 16.1 Å². The zero-order valence-electron chi connectivity index (χ0n) is 14.7. The van der Waals surface area contributed by atoms with Gasteiger partial charge in [0.15, 0.2) is 0 Å². The lowest BCUT2D eigenvalue weighted by atomic mass is 9.95. The highest BCUT2D eigenvalue weighted by Gasteiger charge is 2.50. The Labute approximate surface area is 148 Å². The summed E-state index contributed by atoms with van der Waals surface area (Å²) in [5.74, 6) is 0. The second-order valence-electron chi connectivity index (χ2n) is 7.65. The molecular weight excluding hydrogens is 318 g/mol. The van der Waals surface area contributed by atoms with Crippen molar-refractivity contribution in [1.29, 1.82) is 0 Å². The Kier molecular flexibility index (Phi) is 4.13. The highest BCUT2D eigenvalue weighted by Crippen LogP contribution is 2.44. The second kappa shape index (κ2) is 6.32. The minimum atomic E-state index is -0.367. The van der Waals surface area contributed by atoms with E-state index in [1.165, 1.54) is 57.4 Å². The van der Waals surface area contributed by atoms with Crippen LogP contribution in [0, 0.1) is 17.0 Å². The van der Waals surface area contributed by atoms with E-state index >= 15 is 0 Å². The summed E-state index contributed by atoms with van der Waals surface area (Å²) in [4.78, 5) is 17.9. The minimum Gasteiger partial charge on any atom is -0.462 e. The average molecular weight is 343 g/mol. The number of ether oxygens (including phenoxy) is 1. The third-order valence-electron chi connectivity index (χ3n) is 6.02. The SMILES string of the molecule is Cc1cc([N+](=O)[O-])ccc1/N=C1/OCC2(CCCC2)N1C1CCCC1. The van der Waals surface area contributed by atoms with Crippen molar-refractivity contribution in [2.75, 3.05) is 6.61 Å². The van der Waals surface area contributed by atoms with Gasteiger partial charge >= 0.3 is 0 Å². The van der Waals surface area contributed by atoms with Gasteiger partial charge in [-0.25, -0.2) is 0 Å². The van der Waals surface area contributed by atoms with Crippen molar-refractivity contribution in [1.82, 2.24) is 4.90 Å². The van der Waals surface area contributed by atoms with Gasteiger partial charge in [-0.2, -0.15) is 4.99 Å². The number of nitro benzene ring substituents is 1. The van der Waals surface area contributed by atoms with E-state index in [-0.39, 0.29) is 16.1 Å². The van der Waals surface area contributed by atoms with Crippen molar-refractivity contribution >= 4 is 17.4 Å². The molecule has 4 rings (SSSR count). The monoisotopic (exact) mass is 343 g/mol. The Morgan fingerprint density at radius 2 is 1.96 bits per heavy atom. The molecule has 3 fully saturated rings. The number of nitrogens with zero attached hydrogens (tertiary/aromatic N) is 3. The first-order valence-electron chi connectivity index (χ1n) is 9.35. The van der Waals surface area contributed by atoms with Crippen molar-refractivity contribution in [3.63, 3.8) is 0 Å². The molecule has 0 N–H and O–H groups in total. The van der Waals surface area contributed by atoms with Gasteiger partial charge in [-0.05, 0) is 44.2 Å². The minimum absolute atomic E-state index is 0.105. The molecule has 1 aromatic rings. The van der Waals surface area contributed by atoms with Gasteiger partial charge in [0.1, 0.15) is 6.61 Å². The fourth-order valence-corrected chi connectivity index (χ4v) is 4.73. The maximum atomic E-state index is 10.9. The second-order valence-corrected chi connectivity index (χ2v) is 7.65. The van der Waals surface area contributed by atoms with Crippen LogP contribution in [0.5, 0.6) is 0 Å². The largest absolute Gasteiger partial charge is 0.462 e. The van der Waals surface area contributed by atoms with E-state index in [2.05, 4.69) is 4.90 Å². The number of aliphatic imine (C=N–C) groups is 1. The highest BCUT2D eigenvalue weighted by molar-refractivity contribution is 5.81. The summed E-state index contributed by atoms with van der Waals surface area (Å²) >= 11 is 0. The van der Waals surface area contributed by atoms with E-state index < -0.39 is 0 Å². The molecule has 1 aromatic carbocycles. The topological polar surface area (TPSA) is 68.0 Å². The zero-order valence-corrected chi connectivity index (χ0v) is 14.7. The van der Waals surface area contributed by atoms with Crippen LogP contribution in [0.1, 0.15) is 56.9 Å². The first kappa shape index (κ1) is 16.4. The van der Waals surface area contributed by atoms with Crippen LogP contribution in [0.15, 0.2) is 23.2 Å². The van der Waals surface area contributed by atoms with E-state index in [1.54, 1.807) is 12.1 Å². The van der Waals surface area contributed by atoms with Crippen molar-refractivity contribution in [3.8, 4) is 0 Å². The molecular formula is C19H25N3O3. The van der Waals surface area contributed by atoms with Gasteiger partial charge in [0.25, 0.3) is 11.7 Å². The third kappa shape index (κ3) is 2.87. The third-order valence-corrected chi connectivity index (χ3v) is 6.02. The van der Waals surface area contributed by atoms with Crippen LogP contribution < -0.4 is 0 Å². The number of rotatable bonds is 3. The molecule has 0 unspecified atom stereocenters. The van der Waals surface area contributed by atoms with Gasteiger partial charge in [0, 0.05) is 18.2 Å². The maximum absolute atomic E-state index is 10.9. The average Bonchev–Trinajstić information content (AvgIpc) is 3.32. The quantitative estimate of drug-likeness (QED) is 0.599. The Morgan fingerprint density at radius 3 is 2.60 bits per heavy atom. The van der Waals surface area contributed by atoms with E-state index in [1.807, 2.05) is 6.92 Å². The Hall–Kier alpha value is -2.11. The van der Waals surface area contributed by atoms with Crippen LogP contribution in [0.3, 0.4) is 0 Å². The number of amidine groups is 1. The molecule has 134 valence electrons. The fraction of sp³-hybridized carbons (Fsp3) is 0.632. The number of nitro groups is 1. The molecule has 1 spiro atoms. The predicted molar refractivity (Wildman–Crippen MR) is 96.2 cm³/mol. The maximum Gasteiger partial charge on any atom is 0.293 e. The molecule has 0 bridgehead atoms. The molecule has 0 amide bonds. The summed E-state index contributed by atoms with van der Waals surface area (Å²) in [7, 11) is 0. The zero-order chi connectivity index (χ0) is 17.4. The van der Waals surface area contributed by atoms with Crippen LogP contribution in [0.25, 0.3) is 0 Å². The summed E-state index contributed by atoms with van der Waals surface area (Å²) in [6.45, 7) is 2.60. The summed E-state index contributed by atoms with van der Waals surface area (Å²) in [6, 6.07) is 6.09. The Balaban J connectivity index is 1.68. The predicted octanol–water partition coefficient (Wildman–Crippen LogP) is 4.48. The van der Waals surface area contributed by atoms with Crippen LogP contribution in [-0.2, 0) is 4.74 Å². The smallest absolute Gasteiger partial charge is 0.293 e. The number of hydrogen-bond acceptors (Lipinski definition) is 4. The standard InChI is InChI=1S/C19H25N3O3/c1-14-12-16(22(23)24)8-9-17(14)20-18-21(15-6-2-3-7-15)19(13-25-18)10-4-5-11-19/h8-9,12,15H,2-7,10-11,13H2,1H3/b20-18+. The van der Waals surface area contributed by atoms with Crippen LogP contribution in [0.2, 0.25) is 0 Å². The molecule has 1 heterocycles. The van der Waals surface area contributed by atoms with E-state index in [0.717, 1.165) is 23.9 Å². The molecule has 2 aliphatic carbocycles. The van der Waals surface area contributed by atoms with Gasteiger partial charge in [0.2, 0.25) is 0 Å². The van der Waals surface area contributed by atoms with E-state index in [4.69, 9.17) is 9.73 Å². The lowest BCUT2D eigenvalue weighted by Crippen LogP contribution is -2.50. The van der Waals surface area contributed by atoms with Crippen LogP contribution >= 0.6 is 0 Å². The Bertz CT molecular complexity index is 704. The van der Waals surface area contributed by atoms with Gasteiger partial charge in [-0.15, -0.1) is 0 Å². The number of hydrogen-bond donors (Lipinski definition) is 0. The first-order valence-corrected chi connectivity index (χ1v) is 9.35.